The second-order valence-electron chi connectivity index (χ2n) is 9.90. The summed E-state index contributed by atoms with van der Waals surface area (Å²) in [5.41, 5.74) is 2.31. The summed E-state index contributed by atoms with van der Waals surface area (Å²) in [6, 6.07) is 17.3. The Kier molecular flexibility index (Phi) is 11.7. The number of rotatable bonds is 12. The smallest absolute Gasteiger partial charge is 0.303 e. The molecule has 1 unspecified atom stereocenters. The van der Waals surface area contributed by atoms with E-state index in [0.717, 1.165) is 37.0 Å². The van der Waals surface area contributed by atoms with Crippen molar-refractivity contribution in [2.24, 2.45) is 5.16 Å². The standard InChI is InChI=1S/C32H39N3O4/c1-3-4-5-6-12-24-35-29(17-10-11-19-31(37)38)33-23-21-27(16-13-18-30(35)36)28-20-22-32(2,39-34-28)25-26-14-8-7-9-15-26/h4-9,12-16,18,21,23H,3,10-11,17,19-20,22,24-25H2,1-2H3,(H,37,38)/b5-4-,12-6-,18-13?,23-21?,27-16?,33-29?. The predicted octanol–water partition coefficient (Wildman–Crippen LogP) is 6.20. The van der Waals surface area contributed by atoms with Gasteiger partial charge >= 0.3 is 5.97 Å². The number of aliphatic carboxylic acids is 1. The van der Waals surface area contributed by atoms with Crippen LogP contribution in [0.5, 0.6) is 0 Å². The van der Waals surface area contributed by atoms with Gasteiger partial charge in [0.25, 0.3) is 5.56 Å². The third kappa shape index (κ3) is 10.0. The Morgan fingerprint density at radius 3 is 2.59 bits per heavy atom. The van der Waals surface area contributed by atoms with Crippen LogP contribution in [-0.4, -0.2) is 31.9 Å². The van der Waals surface area contributed by atoms with Crippen LogP contribution in [0.15, 0.2) is 95.0 Å². The van der Waals surface area contributed by atoms with Gasteiger partial charge in [0.15, 0.2) is 0 Å². The average Bonchev–Trinajstić information content (AvgIpc) is 2.92. The maximum Gasteiger partial charge on any atom is 0.303 e. The first-order valence-corrected chi connectivity index (χ1v) is 13.7. The molecule has 0 spiro atoms. The zero-order valence-electron chi connectivity index (χ0n) is 23.0. The number of nitrogens with zero attached hydrogens (tertiary/aromatic N) is 3. The lowest BCUT2D eigenvalue weighted by Crippen LogP contribution is -2.34. The molecule has 1 atom stereocenters. The number of allylic oxidation sites excluding steroid dienone is 4. The molecule has 0 aliphatic carbocycles. The topological polar surface area (TPSA) is 93.8 Å². The summed E-state index contributed by atoms with van der Waals surface area (Å²) >= 11 is 0. The van der Waals surface area contributed by atoms with Crippen LogP contribution in [-0.2, 0) is 29.0 Å². The van der Waals surface area contributed by atoms with Crippen LogP contribution < -0.4 is 5.56 Å². The van der Waals surface area contributed by atoms with Crippen molar-refractivity contribution in [1.29, 1.82) is 0 Å². The van der Waals surface area contributed by atoms with E-state index in [9.17, 15) is 9.59 Å². The highest BCUT2D eigenvalue weighted by Crippen LogP contribution is 2.28. The SMILES string of the molecule is CC/C=C\C=C/Cn1c(CCCCC(=O)O)nccc(C2=NOC(C)(Cc3ccccc3)CC2)cccc1=O. The zero-order valence-corrected chi connectivity index (χ0v) is 23.0. The second-order valence-corrected chi connectivity index (χ2v) is 9.90. The van der Waals surface area contributed by atoms with Crippen molar-refractivity contribution >= 4 is 11.7 Å². The van der Waals surface area contributed by atoms with Crippen molar-refractivity contribution in [3.63, 3.8) is 0 Å². The van der Waals surface area contributed by atoms with E-state index in [2.05, 4.69) is 36.1 Å². The molecule has 0 fully saturated rings. The highest BCUT2D eigenvalue weighted by atomic mass is 16.7. The molecule has 1 N–H and O–H groups in total. The Labute approximate surface area is 230 Å². The first-order valence-electron chi connectivity index (χ1n) is 13.7. The molecule has 0 saturated heterocycles. The second kappa shape index (κ2) is 15.4. The number of benzene rings is 1. The number of carboxylic acids is 1. The zero-order chi connectivity index (χ0) is 27.9. The monoisotopic (exact) mass is 529 g/mol. The number of hydrogen-bond donors (Lipinski definition) is 1. The molecule has 0 bridgehead atoms. The fourth-order valence-corrected chi connectivity index (χ4v) is 4.37. The van der Waals surface area contributed by atoms with Crippen LogP contribution in [0, 0.1) is 0 Å². The van der Waals surface area contributed by atoms with E-state index in [1.807, 2.05) is 54.6 Å². The first kappa shape index (κ1) is 29.6. The van der Waals surface area contributed by atoms with Gasteiger partial charge in [-0.15, -0.1) is 0 Å². The van der Waals surface area contributed by atoms with Crippen molar-refractivity contribution < 1.29 is 14.7 Å². The largest absolute Gasteiger partial charge is 0.481 e. The molecule has 0 amide bonds. The quantitative estimate of drug-likeness (QED) is 0.261. The molecular formula is C32H39N3O4. The molecular weight excluding hydrogens is 490 g/mol. The van der Waals surface area contributed by atoms with Gasteiger partial charge in [-0.3, -0.25) is 14.2 Å². The van der Waals surface area contributed by atoms with Gasteiger partial charge in [0, 0.05) is 43.6 Å². The van der Waals surface area contributed by atoms with Crippen LogP contribution in [0.2, 0.25) is 0 Å². The summed E-state index contributed by atoms with van der Waals surface area (Å²) in [7, 11) is 0. The van der Waals surface area contributed by atoms with Crippen molar-refractivity contribution in [3.8, 4) is 0 Å². The summed E-state index contributed by atoms with van der Waals surface area (Å²) in [5, 5.41) is 13.5. The van der Waals surface area contributed by atoms with E-state index in [1.54, 1.807) is 16.8 Å². The number of oxime groups is 1. The van der Waals surface area contributed by atoms with Gasteiger partial charge < -0.3 is 9.94 Å². The highest BCUT2D eigenvalue weighted by molar-refractivity contribution is 6.00. The summed E-state index contributed by atoms with van der Waals surface area (Å²) in [4.78, 5) is 34.7. The molecule has 39 heavy (non-hydrogen) atoms. The Balaban J connectivity index is 1.87. The van der Waals surface area contributed by atoms with Crippen LogP contribution in [0.3, 0.4) is 0 Å². The van der Waals surface area contributed by atoms with Crippen LogP contribution in [0.1, 0.15) is 69.3 Å². The average molecular weight is 530 g/mol. The molecule has 1 aliphatic heterocycles. The van der Waals surface area contributed by atoms with Gasteiger partial charge in [-0.2, -0.15) is 0 Å². The van der Waals surface area contributed by atoms with Gasteiger partial charge in [-0.05, 0) is 50.7 Å². The van der Waals surface area contributed by atoms with E-state index in [0.29, 0.717) is 31.6 Å². The number of carboxylic acid groups (broad SMARTS) is 1. The fraction of sp³-hybridized carbons (Fsp3) is 0.375. The minimum Gasteiger partial charge on any atom is -0.481 e. The van der Waals surface area contributed by atoms with Crippen LogP contribution in [0.25, 0.3) is 0 Å². The number of aryl methyl sites for hydroxylation is 1. The number of hydrogen-bond acceptors (Lipinski definition) is 5. The Morgan fingerprint density at radius 2 is 1.87 bits per heavy atom. The maximum atomic E-state index is 13.1. The lowest BCUT2D eigenvalue weighted by atomic mass is 9.89. The molecule has 0 radical (unpaired) electrons. The summed E-state index contributed by atoms with van der Waals surface area (Å²) < 4.78 is 1.63. The Morgan fingerprint density at radius 1 is 1.08 bits per heavy atom. The van der Waals surface area contributed by atoms with E-state index in [1.165, 1.54) is 11.6 Å². The van der Waals surface area contributed by atoms with Crippen LogP contribution in [0.4, 0.5) is 0 Å². The predicted molar refractivity (Wildman–Crippen MR) is 155 cm³/mol. The fourth-order valence-electron chi connectivity index (χ4n) is 4.37. The molecule has 206 valence electrons. The minimum atomic E-state index is -0.825. The first-order chi connectivity index (χ1) is 18.9. The normalized spacial score (nSPS) is 17.0. The molecule has 3 rings (SSSR count). The van der Waals surface area contributed by atoms with Crippen molar-refractivity contribution in [1.82, 2.24) is 9.55 Å². The van der Waals surface area contributed by atoms with E-state index >= 15 is 0 Å². The van der Waals surface area contributed by atoms with E-state index < -0.39 is 5.97 Å². The number of carbonyl (C=O) groups is 1. The summed E-state index contributed by atoms with van der Waals surface area (Å²) in [5.74, 6) is -0.219. The molecule has 7 heteroatoms. The molecule has 1 aromatic carbocycles. The number of aromatic nitrogens is 2. The Hall–Kier alpha value is -4.00. The van der Waals surface area contributed by atoms with Gasteiger partial charge in [-0.1, -0.05) is 78.8 Å². The maximum absolute atomic E-state index is 13.1. The molecule has 1 aliphatic rings. The van der Waals surface area contributed by atoms with Gasteiger partial charge in [0.05, 0.1) is 5.71 Å². The van der Waals surface area contributed by atoms with Crippen molar-refractivity contribution in [2.45, 2.75) is 77.4 Å². The third-order valence-corrected chi connectivity index (χ3v) is 6.54. The van der Waals surface area contributed by atoms with Gasteiger partial charge in [0.1, 0.15) is 11.4 Å². The molecule has 7 nitrogen and oxygen atoms in total. The highest BCUT2D eigenvalue weighted by Gasteiger charge is 2.31. The van der Waals surface area contributed by atoms with Gasteiger partial charge in [-0.25, -0.2) is 4.98 Å². The third-order valence-electron chi connectivity index (χ3n) is 6.54. The van der Waals surface area contributed by atoms with Crippen molar-refractivity contribution in [2.75, 3.05) is 0 Å². The Bertz CT molecular complexity index is 1300. The lowest BCUT2D eigenvalue weighted by molar-refractivity contribution is -0.137. The molecule has 2 aromatic rings. The van der Waals surface area contributed by atoms with E-state index in [4.69, 9.17) is 9.94 Å². The summed E-state index contributed by atoms with van der Waals surface area (Å²) in [6.07, 6.45) is 14.5. The van der Waals surface area contributed by atoms with Gasteiger partial charge in [0.2, 0.25) is 0 Å². The molecule has 0 saturated carbocycles. The molecule has 2 heterocycles. The minimum absolute atomic E-state index is 0.0919. The van der Waals surface area contributed by atoms with Crippen LogP contribution >= 0.6 is 0 Å². The molecule has 1 aromatic heterocycles. The van der Waals surface area contributed by atoms with E-state index in [-0.39, 0.29) is 17.6 Å². The summed E-state index contributed by atoms with van der Waals surface area (Å²) in [6.45, 7) is 4.52. The number of unbranched alkanes of at least 4 members (excludes halogenated alkanes) is 1. The lowest BCUT2D eigenvalue weighted by Gasteiger charge is -2.31. The van der Waals surface area contributed by atoms with Crippen molar-refractivity contribution in [3.05, 3.63) is 112 Å².